The molecule has 2 heterocycles. The highest BCUT2D eigenvalue weighted by atomic mass is 79.9. The molecule has 39 heavy (non-hydrogen) atoms. The molecule has 0 bridgehead atoms. The molecule has 0 aliphatic heterocycles. The monoisotopic (exact) mass is 607 g/mol. The van der Waals surface area contributed by atoms with Crippen LogP contribution in [0.3, 0.4) is 0 Å². The number of nitrogens with zero attached hydrogens (tertiary/aromatic N) is 4. The molecule has 0 radical (unpaired) electrons. The van der Waals surface area contributed by atoms with E-state index in [4.69, 9.17) is 0 Å². The molecule has 0 fully saturated rings. The molecular formula is C26H23BrF5N7. The van der Waals surface area contributed by atoms with E-state index in [1.165, 1.54) is 12.3 Å². The van der Waals surface area contributed by atoms with Gasteiger partial charge < -0.3 is 16.0 Å². The van der Waals surface area contributed by atoms with E-state index in [9.17, 15) is 22.0 Å². The van der Waals surface area contributed by atoms with E-state index in [2.05, 4.69) is 60.1 Å². The van der Waals surface area contributed by atoms with Crippen LogP contribution in [0.4, 0.5) is 50.8 Å². The first-order valence-electron chi connectivity index (χ1n) is 11.1. The van der Waals surface area contributed by atoms with Gasteiger partial charge in [-0.3, -0.25) is 4.68 Å². The Balaban J connectivity index is 0.000000771. The third-order valence-corrected chi connectivity index (χ3v) is 5.37. The molecule has 0 atom stereocenters. The summed E-state index contributed by atoms with van der Waals surface area (Å²) in [6.07, 6.45) is 2.38. The number of alkyl halides is 3. The molecule has 204 valence electrons. The fourth-order valence-electron chi connectivity index (χ4n) is 3.12. The van der Waals surface area contributed by atoms with Crippen molar-refractivity contribution in [2.75, 3.05) is 16.0 Å². The van der Waals surface area contributed by atoms with Crippen LogP contribution >= 0.6 is 15.9 Å². The van der Waals surface area contributed by atoms with Gasteiger partial charge in [0.1, 0.15) is 17.5 Å². The van der Waals surface area contributed by atoms with Gasteiger partial charge in [-0.25, -0.2) is 13.8 Å². The summed E-state index contributed by atoms with van der Waals surface area (Å²) < 4.78 is 62.6. The molecule has 0 spiro atoms. The van der Waals surface area contributed by atoms with E-state index in [1.54, 1.807) is 60.5 Å². The summed E-state index contributed by atoms with van der Waals surface area (Å²) in [5, 5.41) is 13.1. The molecule has 2 aromatic carbocycles. The first-order chi connectivity index (χ1) is 18.3. The minimum atomic E-state index is -4.00. The number of hydrogen-bond donors (Lipinski definition) is 3. The number of hydrogen-bond acceptors (Lipinski definition) is 6. The SMILES string of the molecule is C=CC(=C)Nc1ccc(F)c(Nc2nc(Nc3cnn(C)c3)ncc2-c2cccc(Br)c2F)c1.CC(F)(F)F. The lowest BCUT2D eigenvalue weighted by Crippen LogP contribution is -2.05. The highest BCUT2D eigenvalue weighted by Gasteiger charge is 2.17. The highest BCUT2D eigenvalue weighted by molar-refractivity contribution is 9.10. The Morgan fingerprint density at radius 2 is 1.77 bits per heavy atom. The molecule has 0 unspecified atom stereocenters. The van der Waals surface area contributed by atoms with Crippen molar-refractivity contribution in [1.82, 2.24) is 19.7 Å². The Morgan fingerprint density at radius 3 is 2.41 bits per heavy atom. The fourth-order valence-corrected chi connectivity index (χ4v) is 3.49. The Labute approximate surface area is 229 Å². The quantitative estimate of drug-likeness (QED) is 0.139. The number of halogens is 6. The first kappa shape index (κ1) is 29.3. The van der Waals surface area contributed by atoms with Gasteiger partial charge in [0.15, 0.2) is 0 Å². The summed E-state index contributed by atoms with van der Waals surface area (Å²) in [7, 11) is 1.78. The van der Waals surface area contributed by atoms with Gasteiger partial charge in [-0.2, -0.15) is 23.3 Å². The van der Waals surface area contributed by atoms with Crippen LogP contribution in [0.25, 0.3) is 11.1 Å². The number of allylic oxidation sites excluding steroid dienone is 1. The van der Waals surface area contributed by atoms with E-state index in [0.717, 1.165) is 0 Å². The van der Waals surface area contributed by atoms with Crippen LogP contribution in [0.2, 0.25) is 0 Å². The minimum absolute atomic E-state index is 0.129. The topological polar surface area (TPSA) is 79.7 Å². The summed E-state index contributed by atoms with van der Waals surface area (Å²) >= 11 is 3.20. The van der Waals surface area contributed by atoms with Crippen LogP contribution in [-0.4, -0.2) is 25.9 Å². The van der Waals surface area contributed by atoms with Crippen LogP contribution in [0.5, 0.6) is 0 Å². The first-order valence-corrected chi connectivity index (χ1v) is 11.9. The molecular weight excluding hydrogens is 585 g/mol. The number of rotatable bonds is 8. The van der Waals surface area contributed by atoms with Crippen molar-refractivity contribution in [3.8, 4) is 11.1 Å². The van der Waals surface area contributed by atoms with E-state index < -0.39 is 17.8 Å². The van der Waals surface area contributed by atoms with Gasteiger partial charge in [-0.15, -0.1) is 0 Å². The maximum absolute atomic E-state index is 14.9. The molecule has 7 nitrogen and oxygen atoms in total. The van der Waals surface area contributed by atoms with Crippen molar-refractivity contribution >= 4 is 44.8 Å². The van der Waals surface area contributed by atoms with E-state index in [1.807, 2.05) is 0 Å². The average molecular weight is 608 g/mol. The third kappa shape index (κ3) is 8.64. The van der Waals surface area contributed by atoms with Crippen LogP contribution in [0.15, 0.2) is 84.4 Å². The highest BCUT2D eigenvalue weighted by Crippen LogP contribution is 2.35. The second-order valence-corrected chi connectivity index (χ2v) is 8.89. The van der Waals surface area contributed by atoms with Gasteiger partial charge in [0.25, 0.3) is 0 Å². The zero-order chi connectivity index (χ0) is 28.7. The summed E-state index contributed by atoms with van der Waals surface area (Å²) in [4.78, 5) is 8.81. The Bertz CT molecular complexity index is 1480. The van der Waals surface area contributed by atoms with Gasteiger partial charge in [-0.1, -0.05) is 25.3 Å². The van der Waals surface area contributed by atoms with Crippen molar-refractivity contribution in [3.63, 3.8) is 0 Å². The standard InChI is InChI=1S/C24H20BrF2N7.C2H3F3/c1-4-14(2)30-15-8-9-20(26)21(10-15)32-23-18(17-6-5-7-19(25)22(17)27)12-28-24(33-23)31-16-11-29-34(3)13-16;1-2(3,4)5/h4-13,30H,1-2H2,3H3,(H2,28,31,32,33);1H3. The molecule has 0 saturated carbocycles. The molecule has 0 amide bonds. The largest absolute Gasteiger partial charge is 0.386 e. The number of benzene rings is 2. The van der Waals surface area contributed by atoms with Crippen LogP contribution in [-0.2, 0) is 7.05 Å². The number of aromatic nitrogens is 4. The summed E-state index contributed by atoms with van der Waals surface area (Å²) in [5.74, 6) is -0.572. The second kappa shape index (κ2) is 12.5. The van der Waals surface area contributed by atoms with Gasteiger partial charge in [0.05, 0.1) is 22.0 Å². The predicted molar refractivity (Wildman–Crippen MR) is 146 cm³/mol. The lowest BCUT2D eigenvalue weighted by atomic mass is 10.1. The molecule has 3 N–H and O–H groups in total. The third-order valence-electron chi connectivity index (χ3n) is 4.76. The normalized spacial score (nSPS) is 10.8. The van der Waals surface area contributed by atoms with E-state index in [0.29, 0.717) is 22.6 Å². The van der Waals surface area contributed by atoms with Crippen molar-refractivity contribution in [2.45, 2.75) is 13.1 Å². The minimum Gasteiger partial charge on any atom is -0.356 e. The van der Waals surface area contributed by atoms with Gasteiger partial charge in [-0.05, 0) is 46.3 Å². The van der Waals surface area contributed by atoms with Crippen molar-refractivity contribution < 1.29 is 22.0 Å². The molecule has 0 saturated heterocycles. The number of aryl methyl sites for hydroxylation is 1. The number of anilines is 5. The van der Waals surface area contributed by atoms with Gasteiger partial charge in [0.2, 0.25) is 5.95 Å². The number of nitrogens with one attached hydrogen (secondary N) is 3. The van der Waals surface area contributed by atoms with Crippen LogP contribution < -0.4 is 16.0 Å². The van der Waals surface area contributed by atoms with Crippen molar-refractivity contribution in [1.29, 1.82) is 0 Å². The van der Waals surface area contributed by atoms with Gasteiger partial charge >= 0.3 is 6.18 Å². The van der Waals surface area contributed by atoms with Crippen LogP contribution in [0.1, 0.15) is 6.92 Å². The lowest BCUT2D eigenvalue weighted by molar-refractivity contribution is -0.110. The second-order valence-electron chi connectivity index (χ2n) is 8.04. The molecule has 4 aromatic rings. The maximum atomic E-state index is 14.9. The smallest absolute Gasteiger partial charge is 0.356 e. The van der Waals surface area contributed by atoms with E-state index in [-0.39, 0.29) is 34.4 Å². The van der Waals surface area contributed by atoms with E-state index >= 15 is 0 Å². The van der Waals surface area contributed by atoms with Crippen molar-refractivity contribution in [3.05, 3.63) is 96.0 Å². The molecule has 2 aromatic heterocycles. The predicted octanol–water partition coefficient (Wildman–Crippen LogP) is 8.09. The zero-order valence-corrected chi connectivity index (χ0v) is 22.3. The van der Waals surface area contributed by atoms with Crippen LogP contribution in [0, 0.1) is 11.6 Å². The zero-order valence-electron chi connectivity index (χ0n) is 20.7. The molecule has 13 heteroatoms. The lowest BCUT2D eigenvalue weighted by Gasteiger charge is -2.15. The molecule has 4 rings (SSSR count). The summed E-state index contributed by atoms with van der Waals surface area (Å²) in [6, 6.07) is 9.31. The van der Waals surface area contributed by atoms with Gasteiger partial charge in [0, 0.05) is 48.9 Å². The summed E-state index contributed by atoms with van der Waals surface area (Å²) in [5.41, 5.74) is 2.54. The summed E-state index contributed by atoms with van der Waals surface area (Å²) in [6.45, 7) is 7.64. The fraction of sp³-hybridized carbons (Fsp3) is 0.115. The molecule has 0 aliphatic rings. The Morgan fingerprint density at radius 1 is 1.05 bits per heavy atom. The average Bonchev–Trinajstić information content (AvgIpc) is 3.26. The Kier molecular flexibility index (Phi) is 9.41. The van der Waals surface area contributed by atoms with Crippen molar-refractivity contribution in [2.24, 2.45) is 7.05 Å². The maximum Gasteiger partial charge on any atom is 0.386 e. The molecule has 0 aliphatic carbocycles. The Hall–Kier alpha value is -4.26.